The quantitative estimate of drug-likeness (QED) is 0.658. The maximum absolute atomic E-state index is 11.8. The molecule has 1 rings (SSSR count). The van der Waals surface area contributed by atoms with E-state index in [2.05, 4.69) is 5.32 Å². The molecule has 0 radical (unpaired) electrons. The molecule has 6 heteroatoms. The Morgan fingerprint density at radius 3 is 2.37 bits per heavy atom. The Kier molecular flexibility index (Phi) is 5.95. The number of carbonyl (C=O) groups is 2. The third kappa shape index (κ3) is 4.98. The third-order valence-corrected chi connectivity index (χ3v) is 2.88. The van der Waals surface area contributed by atoms with Gasteiger partial charge in [-0.05, 0) is 31.2 Å². The number of aliphatic hydroxyl groups excluding tert-OH is 1. The normalized spacial score (nSPS) is 13.8. The molecule has 2 atom stereocenters. The van der Waals surface area contributed by atoms with Gasteiger partial charge in [0, 0.05) is 23.6 Å². The first-order valence-electron chi connectivity index (χ1n) is 5.85. The van der Waals surface area contributed by atoms with E-state index < -0.39 is 18.1 Å². The van der Waals surface area contributed by atoms with Crippen LogP contribution in [0.25, 0.3) is 0 Å². The first kappa shape index (κ1) is 15.6. The smallest absolute Gasteiger partial charge is 0.323 e. The molecule has 1 aromatic carbocycles. The number of ketones is 1. The van der Waals surface area contributed by atoms with Crippen LogP contribution in [0.5, 0.6) is 0 Å². The summed E-state index contributed by atoms with van der Waals surface area (Å²) in [5.41, 5.74) is 0.523. The minimum Gasteiger partial charge on any atom is -0.480 e. The molecule has 19 heavy (non-hydrogen) atoms. The van der Waals surface area contributed by atoms with Crippen LogP contribution in [0.1, 0.15) is 23.7 Å². The van der Waals surface area contributed by atoms with Gasteiger partial charge in [-0.25, -0.2) is 0 Å². The molecule has 0 spiro atoms. The Balaban J connectivity index is 2.46. The largest absolute Gasteiger partial charge is 0.480 e. The van der Waals surface area contributed by atoms with Crippen molar-refractivity contribution in [3.05, 3.63) is 34.9 Å². The second-order valence-corrected chi connectivity index (χ2v) is 4.63. The molecule has 0 aliphatic carbocycles. The number of aliphatic hydroxyl groups is 1. The number of Topliss-reactive ketones (excluding diaryl/α,β-unsaturated/α-hetero) is 1. The maximum Gasteiger partial charge on any atom is 0.323 e. The second kappa shape index (κ2) is 7.23. The molecule has 0 heterocycles. The Morgan fingerprint density at radius 2 is 1.89 bits per heavy atom. The highest BCUT2D eigenvalue weighted by Crippen LogP contribution is 2.10. The van der Waals surface area contributed by atoms with Crippen LogP contribution in [-0.4, -0.2) is 40.7 Å². The summed E-state index contributed by atoms with van der Waals surface area (Å²) < 4.78 is 0. The lowest BCUT2D eigenvalue weighted by molar-refractivity contribution is -0.142. The van der Waals surface area contributed by atoms with Crippen LogP contribution in [0.2, 0.25) is 5.02 Å². The zero-order valence-electron chi connectivity index (χ0n) is 10.5. The number of carbonyl (C=O) groups excluding carboxylic acids is 1. The van der Waals surface area contributed by atoms with Gasteiger partial charge in [-0.1, -0.05) is 11.6 Å². The fourth-order valence-corrected chi connectivity index (χ4v) is 1.71. The van der Waals surface area contributed by atoms with Gasteiger partial charge >= 0.3 is 5.97 Å². The zero-order valence-corrected chi connectivity index (χ0v) is 11.2. The molecule has 1 aromatic rings. The standard InChI is InChI=1S/C13H16ClNO4/c1-8(16)12(13(18)19)15-7-6-11(17)9-2-4-10(14)5-3-9/h2-5,8,12,15-16H,6-7H2,1H3,(H,18,19)/t8-,12+/m1/s1. The molecule has 5 nitrogen and oxygen atoms in total. The molecule has 0 aromatic heterocycles. The lowest BCUT2D eigenvalue weighted by Gasteiger charge is -2.16. The van der Waals surface area contributed by atoms with Crippen molar-refractivity contribution in [2.24, 2.45) is 0 Å². The summed E-state index contributed by atoms with van der Waals surface area (Å²) in [6.45, 7) is 1.57. The summed E-state index contributed by atoms with van der Waals surface area (Å²) in [5, 5.41) is 21.3. The van der Waals surface area contributed by atoms with E-state index in [4.69, 9.17) is 16.7 Å². The van der Waals surface area contributed by atoms with Crippen LogP contribution in [0, 0.1) is 0 Å². The number of carboxylic acids is 1. The SMILES string of the molecule is C[C@@H](O)[C@H](NCCC(=O)c1ccc(Cl)cc1)C(=O)O. The fourth-order valence-electron chi connectivity index (χ4n) is 1.59. The molecule has 0 aliphatic heterocycles. The highest BCUT2D eigenvalue weighted by atomic mass is 35.5. The molecule has 3 N–H and O–H groups in total. The molecule has 0 saturated heterocycles. The van der Waals surface area contributed by atoms with Crippen molar-refractivity contribution >= 4 is 23.4 Å². The summed E-state index contributed by atoms with van der Waals surface area (Å²) in [6.07, 6.45) is -0.874. The van der Waals surface area contributed by atoms with Crippen LogP contribution in [-0.2, 0) is 4.79 Å². The Hall–Kier alpha value is -1.43. The van der Waals surface area contributed by atoms with E-state index in [1.807, 2.05) is 0 Å². The summed E-state index contributed by atoms with van der Waals surface area (Å²) in [5.74, 6) is -1.26. The number of hydrogen-bond acceptors (Lipinski definition) is 4. The van der Waals surface area contributed by atoms with E-state index >= 15 is 0 Å². The van der Waals surface area contributed by atoms with Gasteiger partial charge in [0.05, 0.1) is 6.10 Å². The highest BCUT2D eigenvalue weighted by Gasteiger charge is 2.22. The van der Waals surface area contributed by atoms with Crippen LogP contribution >= 0.6 is 11.6 Å². The van der Waals surface area contributed by atoms with Crippen molar-refractivity contribution in [1.29, 1.82) is 0 Å². The summed E-state index contributed by atoms with van der Waals surface area (Å²) in [4.78, 5) is 22.6. The van der Waals surface area contributed by atoms with E-state index in [1.54, 1.807) is 24.3 Å². The minimum absolute atomic E-state index is 0.112. The monoisotopic (exact) mass is 285 g/mol. The Labute approximate surface area is 116 Å². The van der Waals surface area contributed by atoms with Gasteiger partial charge in [0.1, 0.15) is 6.04 Å². The van der Waals surface area contributed by atoms with Gasteiger partial charge in [0.2, 0.25) is 0 Å². The van der Waals surface area contributed by atoms with Crippen molar-refractivity contribution < 1.29 is 19.8 Å². The minimum atomic E-state index is -1.14. The van der Waals surface area contributed by atoms with Gasteiger partial charge in [-0.15, -0.1) is 0 Å². The Bertz CT molecular complexity index is 444. The maximum atomic E-state index is 11.8. The van der Waals surface area contributed by atoms with Crippen molar-refractivity contribution in [2.75, 3.05) is 6.54 Å². The lowest BCUT2D eigenvalue weighted by Crippen LogP contribution is -2.45. The number of rotatable bonds is 7. The van der Waals surface area contributed by atoms with E-state index in [9.17, 15) is 14.7 Å². The molecule has 0 unspecified atom stereocenters. The molecule has 0 fully saturated rings. The second-order valence-electron chi connectivity index (χ2n) is 4.19. The number of aliphatic carboxylic acids is 1. The molecule has 0 saturated carbocycles. The summed E-state index contributed by atoms with van der Waals surface area (Å²) in [6, 6.07) is 5.41. The number of nitrogens with one attached hydrogen (secondary N) is 1. The number of carboxylic acid groups (broad SMARTS) is 1. The first-order valence-corrected chi connectivity index (χ1v) is 6.22. The first-order chi connectivity index (χ1) is 8.91. The molecule has 104 valence electrons. The molecular formula is C13H16ClNO4. The van der Waals surface area contributed by atoms with Crippen LogP contribution in [0.3, 0.4) is 0 Å². The molecule has 0 amide bonds. The fraction of sp³-hybridized carbons (Fsp3) is 0.385. The van der Waals surface area contributed by atoms with E-state index in [0.29, 0.717) is 10.6 Å². The van der Waals surface area contributed by atoms with Crippen molar-refractivity contribution in [1.82, 2.24) is 5.32 Å². The summed E-state index contributed by atoms with van der Waals surface area (Å²) >= 11 is 5.72. The van der Waals surface area contributed by atoms with Gasteiger partial charge in [-0.2, -0.15) is 0 Å². The van der Waals surface area contributed by atoms with Crippen molar-refractivity contribution in [2.45, 2.75) is 25.5 Å². The van der Waals surface area contributed by atoms with E-state index in [1.165, 1.54) is 6.92 Å². The third-order valence-electron chi connectivity index (χ3n) is 2.63. The predicted molar refractivity (Wildman–Crippen MR) is 71.5 cm³/mol. The molecule has 0 bridgehead atoms. The van der Waals surface area contributed by atoms with Crippen molar-refractivity contribution in [3.63, 3.8) is 0 Å². The number of hydrogen-bond donors (Lipinski definition) is 3. The summed E-state index contributed by atoms with van der Waals surface area (Å²) in [7, 11) is 0. The average Bonchev–Trinajstić information content (AvgIpc) is 2.34. The zero-order chi connectivity index (χ0) is 14.4. The van der Waals surface area contributed by atoms with Gasteiger partial charge < -0.3 is 15.5 Å². The van der Waals surface area contributed by atoms with Crippen molar-refractivity contribution in [3.8, 4) is 0 Å². The topological polar surface area (TPSA) is 86.6 Å². The molecular weight excluding hydrogens is 270 g/mol. The Morgan fingerprint density at radius 1 is 1.32 bits per heavy atom. The van der Waals surface area contributed by atoms with Gasteiger partial charge in [0.25, 0.3) is 0 Å². The molecule has 0 aliphatic rings. The number of halogens is 1. The van der Waals surface area contributed by atoms with Crippen LogP contribution in [0.4, 0.5) is 0 Å². The van der Waals surface area contributed by atoms with Crippen LogP contribution in [0.15, 0.2) is 24.3 Å². The lowest BCUT2D eigenvalue weighted by atomic mass is 10.1. The highest BCUT2D eigenvalue weighted by molar-refractivity contribution is 6.30. The average molecular weight is 286 g/mol. The predicted octanol–water partition coefficient (Wildman–Crippen LogP) is 1.34. The van der Waals surface area contributed by atoms with E-state index in [-0.39, 0.29) is 18.7 Å². The van der Waals surface area contributed by atoms with E-state index in [0.717, 1.165) is 0 Å². The number of benzene rings is 1. The van der Waals surface area contributed by atoms with Crippen LogP contribution < -0.4 is 5.32 Å². The van der Waals surface area contributed by atoms with Gasteiger partial charge in [-0.3, -0.25) is 9.59 Å². The van der Waals surface area contributed by atoms with Gasteiger partial charge in [0.15, 0.2) is 5.78 Å².